The smallest absolute Gasteiger partial charge is 0.0991 e. The molecule has 0 amide bonds. The number of rotatable bonds is 4. The number of aromatic amines is 1. The zero-order chi connectivity index (χ0) is 16.4. The van der Waals surface area contributed by atoms with Gasteiger partial charge in [-0.1, -0.05) is 24.3 Å². The van der Waals surface area contributed by atoms with Crippen LogP contribution in [0, 0.1) is 11.3 Å². The summed E-state index contributed by atoms with van der Waals surface area (Å²) in [6.07, 6.45) is 8.48. The zero-order valence-electron chi connectivity index (χ0n) is 13.1. The fourth-order valence-electron chi connectivity index (χ4n) is 3.17. The molecule has 2 heterocycles. The molecule has 2 aromatic heterocycles. The number of nitriles is 1. The molecule has 1 atom stereocenters. The highest BCUT2D eigenvalue weighted by Gasteiger charge is 2.17. The number of aromatic nitrogens is 3. The Labute approximate surface area is 140 Å². The number of hydrogen-bond donors (Lipinski definition) is 1. The van der Waals surface area contributed by atoms with Crippen molar-refractivity contribution in [2.24, 2.45) is 0 Å². The molecule has 0 radical (unpaired) electrons. The van der Waals surface area contributed by atoms with Gasteiger partial charge in [0.05, 0.1) is 24.0 Å². The van der Waals surface area contributed by atoms with Gasteiger partial charge < -0.3 is 9.55 Å². The lowest BCUT2D eigenvalue weighted by atomic mass is 9.95. The standard InChI is InChI=1S/C20H16N4/c21-13-16-6-4-15(5-7-16)12-20(24-11-10-22-14-24)18-2-1-3-19-17(18)8-9-23-19/h1-11,14,20,23H,12H2. The Kier molecular flexibility index (Phi) is 3.60. The summed E-state index contributed by atoms with van der Waals surface area (Å²) in [5.74, 6) is 0. The highest BCUT2D eigenvalue weighted by molar-refractivity contribution is 5.83. The molecule has 0 bridgehead atoms. The summed E-state index contributed by atoms with van der Waals surface area (Å²) in [6, 6.07) is 18.6. The SMILES string of the molecule is N#Cc1ccc(CC(c2cccc3[nH]ccc23)n2ccnc2)cc1. The first kappa shape index (κ1) is 14.3. The fraction of sp³-hybridized carbons (Fsp3) is 0.100. The van der Waals surface area contributed by atoms with Crippen LogP contribution in [0.1, 0.15) is 22.7 Å². The van der Waals surface area contributed by atoms with Crippen molar-refractivity contribution >= 4 is 10.9 Å². The average Bonchev–Trinajstić information content (AvgIpc) is 3.31. The molecule has 24 heavy (non-hydrogen) atoms. The Morgan fingerprint density at radius 2 is 2.00 bits per heavy atom. The maximum Gasteiger partial charge on any atom is 0.0991 e. The Hall–Kier alpha value is -3.32. The molecular weight excluding hydrogens is 296 g/mol. The van der Waals surface area contributed by atoms with Crippen molar-refractivity contribution in [3.63, 3.8) is 0 Å². The van der Waals surface area contributed by atoms with E-state index in [1.54, 1.807) is 0 Å². The lowest BCUT2D eigenvalue weighted by Gasteiger charge is -2.20. The van der Waals surface area contributed by atoms with Gasteiger partial charge in [0.2, 0.25) is 0 Å². The van der Waals surface area contributed by atoms with Gasteiger partial charge in [0.15, 0.2) is 0 Å². The van der Waals surface area contributed by atoms with Crippen LogP contribution in [-0.2, 0) is 6.42 Å². The van der Waals surface area contributed by atoms with E-state index in [0.29, 0.717) is 5.56 Å². The van der Waals surface area contributed by atoms with Crippen molar-refractivity contribution < 1.29 is 0 Å². The second kappa shape index (κ2) is 6.05. The highest BCUT2D eigenvalue weighted by Crippen LogP contribution is 2.29. The summed E-state index contributed by atoms with van der Waals surface area (Å²) < 4.78 is 2.14. The number of H-pyrrole nitrogens is 1. The zero-order valence-corrected chi connectivity index (χ0v) is 13.1. The van der Waals surface area contributed by atoms with Crippen LogP contribution in [0.2, 0.25) is 0 Å². The van der Waals surface area contributed by atoms with E-state index in [1.807, 2.05) is 49.2 Å². The van der Waals surface area contributed by atoms with Gasteiger partial charge in [-0.05, 0) is 41.8 Å². The number of benzene rings is 2. The number of fused-ring (bicyclic) bond motifs is 1. The van der Waals surface area contributed by atoms with Crippen LogP contribution in [0.4, 0.5) is 0 Å². The predicted molar refractivity (Wildman–Crippen MR) is 93.5 cm³/mol. The molecule has 4 aromatic rings. The van der Waals surface area contributed by atoms with Gasteiger partial charge in [-0.2, -0.15) is 5.26 Å². The van der Waals surface area contributed by atoms with E-state index in [-0.39, 0.29) is 6.04 Å². The summed E-state index contributed by atoms with van der Waals surface area (Å²) in [4.78, 5) is 7.50. The molecule has 4 nitrogen and oxygen atoms in total. The Morgan fingerprint density at radius 3 is 2.75 bits per heavy atom. The summed E-state index contributed by atoms with van der Waals surface area (Å²) in [5.41, 5.74) is 4.28. The van der Waals surface area contributed by atoms with E-state index in [1.165, 1.54) is 16.5 Å². The van der Waals surface area contributed by atoms with Crippen LogP contribution in [0.3, 0.4) is 0 Å². The largest absolute Gasteiger partial charge is 0.361 e. The predicted octanol–water partition coefficient (Wildman–Crippen LogP) is 4.07. The van der Waals surface area contributed by atoms with E-state index in [4.69, 9.17) is 5.26 Å². The van der Waals surface area contributed by atoms with Crippen molar-refractivity contribution in [2.45, 2.75) is 12.5 Å². The van der Waals surface area contributed by atoms with Gasteiger partial charge in [-0.25, -0.2) is 4.98 Å². The van der Waals surface area contributed by atoms with Gasteiger partial charge in [0.25, 0.3) is 0 Å². The van der Waals surface area contributed by atoms with Crippen molar-refractivity contribution in [3.05, 3.63) is 90.1 Å². The normalized spacial score (nSPS) is 12.1. The summed E-state index contributed by atoms with van der Waals surface area (Å²) in [6.45, 7) is 0. The molecule has 0 spiro atoms. The lowest BCUT2D eigenvalue weighted by Crippen LogP contribution is -2.12. The van der Waals surface area contributed by atoms with E-state index >= 15 is 0 Å². The molecule has 0 aliphatic heterocycles. The maximum atomic E-state index is 8.97. The first-order valence-electron chi connectivity index (χ1n) is 7.87. The Bertz CT molecular complexity index is 988. The van der Waals surface area contributed by atoms with Gasteiger partial charge in [-0.15, -0.1) is 0 Å². The first-order chi connectivity index (χ1) is 11.8. The van der Waals surface area contributed by atoms with Crippen LogP contribution in [0.5, 0.6) is 0 Å². The summed E-state index contributed by atoms with van der Waals surface area (Å²) in [7, 11) is 0. The minimum atomic E-state index is 0.153. The Morgan fingerprint density at radius 1 is 1.12 bits per heavy atom. The minimum Gasteiger partial charge on any atom is -0.361 e. The van der Waals surface area contributed by atoms with E-state index < -0.39 is 0 Å². The fourth-order valence-corrected chi connectivity index (χ4v) is 3.17. The molecule has 1 N–H and O–H groups in total. The van der Waals surface area contributed by atoms with Crippen LogP contribution in [-0.4, -0.2) is 14.5 Å². The van der Waals surface area contributed by atoms with Gasteiger partial charge in [0.1, 0.15) is 0 Å². The summed E-state index contributed by atoms with van der Waals surface area (Å²) >= 11 is 0. The Balaban J connectivity index is 1.77. The molecule has 4 heteroatoms. The molecule has 0 saturated heterocycles. The maximum absolute atomic E-state index is 8.97. The van der Waals surface area contributed by atoms with Crippen molar-refractivity contribution in [1.29, 1.82) is 5.26 Å². The number of nitrogens with zero attached hydrogens (tertiary/aromatic N) is 3. The van der Waals surface area contributed by atoms with Crippen LogP contribution >= 0.6 is 0 Å². The minimum absolute atomic E-state index is 0.153. The molecular formula is C20H16N4. The number of nitrogens with one attached hydrogen (secondary N) is 1. The van der Waals surface area contributed by atoms with Crippen LogP contribution in [0.15, 0.2) is 73.4 Å². The van der Waals surface area contributed by atoms with Gasteiger partial charge in [-0.3, -0.25) is 0 Å². The van der Waals surface area contributed by atoms with E-state index in [2.05, 4.69) is 44.9 Å². The van der Waals surface area contributed by atoms with Crippen molar-refractivity contribution in [2.75, 3.05) is 0 Å². The monoisotopic (exact) mass is 312 g/mol. The molecule has 0 aliphatic carbocycles. The third kappa shape index (κ3) is 2.57. The first-order valence-corrected chi connectivity index (χ1v) is 7.87. The molecule has 0 saturated carbocycles. The van der Waals surface area contributed by atoms with Crippen molar-refractivity contribution in [1.82, 2.24) is 14.5 Å². The van der Waals surface area contributed by atoms with Crippen molar-refractivity contribution in [3.8, 4) is 6.07 Å². The van der Waals surface area contributed by atoms with Crippen LogP contribution < -0.4 is 0 Å². The van der Waals surface area contributed by atoms with E-state index in [0.717, 1.165) is 11.9 Å². The molecule has 0 aliphatic rings. The molecule has 4 rings (SSSR count). The molecule has 116 valence electrons. The quantitative estimate of drug-likeness (QED) is 0.617. The average molecular weight is 312 g/mol. The summed E-state index contributed by atoms with van der Waals surface area (Å²) in [5, 5.41) is 10.2. The molecule has 1 unspecified atom stereocenters. The molecule has 2 aromatic carbocycles. The number of hydrogen-bond acceptors (Lipinski definition) is 2. The lowest BCUT2D eigenvalue weighted by molar-refractivity contribution is 0.585. The van der Waals surface area contributed by atoms with Gasteiger partial charge in [0, 0.05) is 29.5 Å². The van der Waals surface area contributed by atoms with E-state index in [9.17, 15) is 0 Å². The van der Waals surface area contributed by atoms with Gasteiger partial charge >= 0.3 is 0 Å². The third-order valence-corrected chi connectivity index (χ3v) is 4.38. The topological polar surface area (TPSA) is 57.4 Å². The van der Waals surface area contributed by atoms with Crippen LogP contribution in [0.25, 0.3) is 10.9 Å². The second-order valence-electron chi connectivity index (χ2n) is 5.82. The molecule has 0 fully saturated rings. The third-order valence-electron chi connectivity index (χ3n) is 4.38. The highest BCUT2D eigenvalue weighted by atomic mass is 15.0. The number of imidazole rings is 1. The second-order valence-corrected chi connectivity index (χ2v) is 5.82.